The minimum absolute atomic E-state index is 0.561. The lowest BCUT2D eigenvalue weighted by molar-refractivity contribution is 0.0443. The Labute approximate surface area is 116 Å². The van der Waals surface area contributed by atoms with Crippen LogP contribution < -0.4 is 0 Å². The molecule has 0 aromatic carbocycles. The average Bonchev–Trinajstić information content (AvgIpc) is 2.42. The summed E-state index contributed by atoms with van der Waals surface area (Å²) >= 11 is 1.86. The zero-order valence-electron chi connectivity index (χ0n) is 11.5. The molecule has 0 amide bonds. The predicted octanol–water partition coefficient (Wildman–Crippen LogP) is 2.22. The van der Waals surface area contributed by atoms with Gasteiger partial charge >= 0.3 is 0 Å². The molecule has 18 heavy (non-hydrogen) atoms. The van der Waals surface area contributed by atoms with Crippen molar-refractivity contribution in [1.29, 1.82) is 0 Å². The highest BCUT2D eigenvalue weighted by atomic mass is 32.2. The summed E-state index contributed by atoms with van der Waals surface area (Å²) in [5.41, 5.74) is 0. The Bertz CT molecular complexity index is 244. The van der Waals surface area contributed by atoms with E-state index in [2.05, 4.69) is 23.7 Å². The molecule has 0 atom stereocenters. The summed E-state index contributed by atoms with van der Waals surface area (Å²) in [6.07, 6.45) is 3.91. The van der Waals surface area contributed by atoms with Gasteiger partial charge in [-0.2, -0.15) is 0 Å². The second-order valence-corrected chi connectivity index (χ2v) is 5.38. The molecule has 0 radical (unpaired) electrons. The molecule has 1 aliphatic rings. The van der Waals surface area contributed by atoms with E-state index in [1.54, 1.807) is 0 Å². The van der Waals surface area contributed by atoms with E-state index < -0.39 is 0 Å². The van der Waals surface area contributed by atoms with Gasteiger partial charge in [-0.05, 0) is 12.2 Å². The lowest BCUT2D eigenvalue weighted by Crippen LogP contribution is -2.36. The molecule has 0 spiro atoms. The zero-order chi connectivity index (χ0) is 12.9. The molecule has 1 heterocycles. The van der Waals surface area contributed by atoms with Gasteiger partial charge in [-0.25, -0.2) is 0 Å². The number of ether oxygens (including phenoxy) is 2. The highest BCUT2D eigenvalue weighted by Crippen LogP contribution is 2.05. The number of nitrogens with zero attached hydrogens (tertiary/aromatic N) is 1. The molecule has 0 unspecified atom stereocenters. The van der Waals surface area contributed by atoms with Crippen LogP contribution in [0.5, 0.6) is 0 Å². The summed E-state index contributed by atoms with van der Waals surface area (Å²) < 4.78 is 10.7. The van der Waals surface area contributed by atoms with Crippen LogP contribution in [0, 0.1) is 11.8 Å². The van der Waals surface area contributed by atoms with Gasteiger partial charge in [0.05, 0.1) is 25.7 Å². The second kappa shape index (κ2) is 11.9. The molecule has 1 saturated heterocycles. The molecule has 3 nitrogen and oxygen atoms in total. The van der Waals surface area contributed by atoms with Crippen molar-refractivity contribution >= 4 is 11.8 Å². The maximum atomic E-state index is 5.45. The second-order valence-electron chi connectivity index (χ2n) is 4.32. The van der Waals surface area contributed by atoms with Gasteiger partial charge in [0.2, 0.25) is 0 Å². The van der Waals surface area contributed by atoms with Crippen LogP contribution in [0.2, 0.25) is 0 Å². The fourth-order valence-electron chi connectivity index (χ4n) is 1.64. The molecule has 0 aromatic rings. The van der Waals surface area contributed by atoms with E-state index in [0.717, 1.165) is 38.8 Å². The van der Waals surface area contributed by atoms with E-state index in [1.807, 2.05) is 11.8 Å². The van der Waals surface area contributed by atoms with Crippen LogP contribution in [0.25, 0.3) is 0 Å². The first-order chi connectivity index (χ1) is 8.93. The van der Waals surface area contributed by atoms with E-state index in [-0.39, 0.29) is 0 Å². The molecule has 1 aliphatic heterocycles. The Hall–Kier alpha value is -0.210. The van der Waals surface area contributed by atoms with Crippen LogP contribution in [-0.2, 0) is 9.47 Å². The molecule has 1 fully saturated rings. The van der Waals surface area contributed by atoms with Crippen molar-refractivity contribution in [3.63, 3.8) is 0 Å². The third-order valence-corrected chi connectivity index (χ3v) is 3.68. The highest BCUT2D eigenvalue weighted by molar-refractivity contribution is 7.99. The minimum Gasteiger partial charge on any atom is -0.379 e. The molecule has 0 bridgehead atoms. The van der Waals surface area contributed by atoms with Crippen LogP contribution in [0.3, 0.4) is 0 Å². The molecule has 0 aliphatic carbocycles. The Kier molecular flexibility index (Phi) is 10.4. The van der Waals surface area contributed by atoms with Crippen molar-refractivity contribution in [2.24, 2.45) is 0 Å². The molecule has 104 valence electrons. The smallest absolute Gasteiger partial charge is 0.108 e. The summed E-state index contributed by atoms with van der Waals surface area (Å²) in [4.78, 5) is 2.32. The van der Waals surface area contributed by atoms with Crippen molar-refractivity contribution in [2.45, 2.75) is 26.2 Å². The number of thioether (sulfide) groups is 1. The van der Waals surface area contributed by atoms with Crippen molar-refractivity contribution < 1.29 is 9.47 Å². The zero-order valence-corrected chi connectivity index (χ0v) is 12.3. The minimum atomic E-state index is 0.561. The van der Waals surface area contributed by atoms with Crippen LogP contribution in [-0.4, -0.2) is 56.0 Å². The third kappa shape index (κ3) is 8.82. The average molecular weight is 271 g/mol. The lowest BCUT2D eigenvalue weighted by atomic mass is 10.3. The maximum Gasteiger partial charge on any atom is 0.108 e. The van der Waals surface area contributed by atoms with Gasteiger partial charge in [0.1, 0.15) is 6.61 Å². The summed E-state index contributed by atoms with van der Waals surface area (Å²) in [7, 11) is 0. The number of hydrogen-bond donors (Lipinski definition) is 0. The van der Waals surface area contributed by atoms with E-state index in [0.29, 0.717) is 6.61 Å². The van der Waals surface area contributed by atoms with Crippen LogP contribution in [0.1, 0.15) is 26.2 Å². The SMILES string of the molecule is CCCCCSCOCC#CCN1CCOCC1. The van der Waals surface area contributed by atoms with E-state index in [9.17, 15) is 0 Å². The molecular formula is C14H25NO2S. The Morgan fingerprint density at radius 2 is 2.06 bits per heavy atom. The van der Waals surface area contributed by atoms with Crippen molar-refractivity contribution in [1.82, 2.24) is 4.90 Å². The van der Waals surface area contributed by atoms with E-state index in [1.165, 1.54) is 25.0 Å². The van der Waals surface area contributed by atoms with Crippen LogP contribution >= 0.6 is 11.8 Å². The van der Waals surface area contributed by atoms with Gasteiger partial charge in [-0.3, -0.25) is 4.90 Å². The molecular weight excluding hydrogens is 246 g/mol. The van der Waals surface area contributed by atoms with Gasteiger partial charge in [0, 0.05) is 13.1 Å². The summed E-state index contributed by atoms with van der Waals surface area (Å²) in [5.74, 6) is 8.20. The van der Waals surface area contributed by atoms with Crippen LogP contribution in [0.4, 0.5) is 0 Å². The highest BCUT2D eigenvalue weighted by Gasteiger charge is 2.07. The van der Waals surface area contributed by atoms with Crippen molar-refractivity contribution in [3.05, 3.63) is 0 Å². The molecule has 0 saturated carbocycles. The first kappa shape index (κ1) is 15.8. The number of unbranched alkanes of at least 4 members (excludes halogenated alkanes) is 2. The molecule has 1 rings (SSSR count). The molecule has 0 aromatic heterocycles. The van der Waals surface area contributed by atoms with E-state index in [4.69, 9.17) is 9.47 Å². The first-order valence-electron chi connectivity index (χ1n) is 6.84. The fraction of sp³-hybridized carbons (Fsp3) is 0.857. The largest absolute Gasteiger partial charge is 0.379 e. The van der Waals surface area contributed by atoms with Gasteiger partial charge in [0.15, 0.2) is 0 Å². The van der Waals surface area contributed by atoms with Gasteiger partial charge < -0.3 is 9.47 Å². The Morgan fingerprint density at radius 1 is 1.22 bits per heavy atom. The van der Waals surface area contributed by atoms with E-state index >= 15 is 0 Å². The topological polar surface area (TPSA) is 21.7 Å². The number of rotatable bonds is 8. The predicted molar refractivity (Wildman–Crippen MR) is 77.8 cm³/mol. The number of morpholine rings is 1. The summed E-state index contributed by atoms with van der Waals surface area (Å²) in [5, 5.41) is 0. The molecule has 0 N–H and O–H groups in total. The Balaban J connectivity index is 1.85. The summed E-state index contributed by atoms with van der Waals surface area (Å²) in [6, 6.07) is 0. The van der Waals surface area contributed by atoms with Crippen LogP contribution in [0.15, 0.2) is 0 Å². The maximum absolute atomic E-state index is 5.45. The third-order valence-electron chi connectivity index (χ3n) is 2.76. The van der Waals surface area contributed by atoms with Crippen molar-refractivity contribution in [3.8, 4) is 11.8 Å². The number of hydrogen-bond acceptors (Lipinski definition) is 4. The first-order valence-corrected chi connectivity index (χ1v) is 8.00. The summed E-state index contributed by atoms with van der Waals surface area (Å²) in [6.45, 7) is 7.32. The quantitative estimate of drug-likeness (QED) is 0.383. The van der Waals surface area contributed by atoms with Gasteiger partial charge in [-0.15, -0.1) is 11.8 Å². The van der Waals surface area contributed by atoms with Gasteiger partial charge in [0.25, 0.3) is 0 Å². The Morgan fingerprint density at radius 3 is 2.83 bits per heavy atom. The van der Waals surface area contributed by atoms with Crippen molar-refractivity contribution in [2.75, 3.05) is 51.1 Å². The monoisotopic (exact) mass is 271 g/mol. The fourth-order valence-corrected chi connectivity index (χ4v) is 2.37. The van der Waals surface area contributed by atoms with Gasteiger partial charge in [-0.1, -0.05) is 31.6 Å². The molecule has 4 heteroatoms. The lowest BCUT2D eigenvalue weighted by Gasteiger charge is -2.24. The standard InChI is InChI=1S/C14H25NO2S/c1-2-3-6-13-18-14-17-10-5-4-7-15-8-11-16-12-9-15/h2-3,6-14H2,1H3. The normalized spacial score (nSPS) is 16.3.